The Morgan fingerprint density at radius 1 is 1.07 bits per heavy atom. The van der Waals surface area contributed by atoms with E-state index in [2.05, 4.69) is 25.8 Å². The number of hydrogen-bond donors (Lipinski definition) is 2. The molecule has 1 aromatic carbocycles. The van der Waals surface area contributed by atoms with Crippen LogP contribution in [0.4, 0.5) is 0 Å². The molecule has 0 atom stereocenters. The summed E-state index contributed by atoms with van der Waals surface area (Å²) in [6.07, 6.45) is 2.79. The Bertz CT molecular complexity index is 897. The average Bonchev–Trinajstić information content (AvgIpc) is 3.15. The Hall–Kier alpha value is -2.56. The first-order valence-electron chi connectivity index (χ1n) is 9.38. The topological polar surface area (TPSA) is 85.1 Å². The highest BCUT2D eigenvalue weighted by molar-refractivity contribution is 14.0. The van der Waals surface area contributed by atoms with Gasteiger partial charge in [-0.3, -0.25) is 4.40 Å². The molecular formula is C20H27IN6O2. The van der Waals surface area contributed by atoms with E-state index in [1.54, 1.807) is 7.11 Å². The van der Waals surface area contributed by atoms with Gasteiger partial charge in [-0.1, -0.05) is 6.07 Å². The molecule has 0 saturated carbocycles. The average molecular weight is 510 g/mol. The van der Waals surface area contributed by atoms with Crippen LogP contribution in [0.25, 0.3) is 5.65 Å². The van der Waals surface area contributed by atoms with E-state index >= 15 is 0 Å². The Morgan fingerprint density at radius 3 is 2.62 bits per heavy atom. The lowest BCUT2D eigenvalue weighted by Gasteiger charge is -2.11. The van der Waals surface area contributed by atoms with Gasteiger partial charge in [0.15, 0.2) is 17.4 Å². The second kappa shape index (κ2) is 12.1. The van der Waals surface area contributed by atoms with E-state index < -0.39 is 0 Å². The minimum atomic E-state index is 0. The van der Waals surface area contributed by atoms with Crippen molar-refractivity contribution in [2.45, 2.75) is 19.9 Å². The molecule has 0 bridgehead atoms. The van der Waals surface area contributed by atoms with Gasteiger partial charge in [0.25, 0.3) is 0 Å². The van der Waals surface area contributed by atoms with Crippen LogP contribution in [0.1, 0.15) is 19.2 Å². The minimum absolute atomic E-state index is 0. The lowest BCUT2D eigenvalue weighted by molar-refractivity contribution is 0.310. The summed E-state index contributed by atoms with van der Waals surface area (Å²) < 4.78 is 12.8. The number of halogens is 1. The van der Waals surface area contributed by atoms with Crippen LogP contribution in [-0.4, -0.2) is 47.4 Å². The summed E-state index contributed by atoms with van der Waals surface area (Å²) in [6.45, 7) is 4.64. The molecule has 0 amide bonds. The Morgan fingerprint density at radius 2 is 1.86 bits per heavy atom. The maximum Gasteiger partial charge on any atom is 0.191 e. The fourth-order valence-corrected chi connectivity index (χ4v) is 2.63. The predicted octanol–water partition coefficient (Wildman–Crippen LogP) is 2.88. The molecule has 8 nitrogen and oxygen atoms in total. The van der Waals surface area contributed by atoms with Crippen LogP contribution in [0, 0.1) is 0 Å². The van der Waals surface area contributed by atoms with E-state index in [1.165, 1.54) is 0 Å². The van der Waals surface area contributed by atoms with Gasteiger partial charge in [-0.15, -0.1) is 34.2 Å². The second-order valence-electron chi connectivity index (χ2n) is 6.04. The van der Waals surface area contributed by atoms with Crippen molar-refractivity contribution >= 4 is 35.6 Å². The van der Waals surface area contributed by atoms with Crippen molar-refractivity contribution in [2.24, 2.45) is 4.99 Å². The molecule has 3 rings (SSSR count). The smallest absolute Gasteiger partial charge is 0.191 e. The molecule has 3 aromatic rings. The fourth-order valence-electron chi connectivity index (χ4n) is 2.63. The molecule has 0 fully saturated rings. The Labute approximate surface area is 187 Å². The number of fused-ring (bicyclic) bond motifs is 1. The number of aromatic nitrogens is 3. The summed E-state index contributed by atoms with van der Waals surface area (Å²) in [7, 11) is 1.65. The molecule has 0 aliphatic rings. The van der Waals surface area contributed by atoms with Gasteiger partial charge in [0, 0.05) is 19.3 Å². The summed E-state index contributed by atoms with van der Waals surface area (Å²) in [5.41, 5.74) is 0.821. The molecule has 2 aromatic heterocycles. The van der Waals surface area contributed by atoms with Gasteiger partial charge < -0.3 is 20.1 Å². The van der Waals surface area contributed by atoms with Crippen LogP contribution in [0.3, 0.4) is 0 Å². The van der Waals surface area contributed by atoms with Gasteiger partial charge in [-0.05, 0) is 49.7 Å². The van der Waals surface area contributed by atoms with Crippen LogP contribution in [-0.2, 0) is 6.54 Å². The van der Waals surface area contributed by atoms with Crippen LogP contribution < -0.4 is 20.1 Å². The first kappa shape index (κ1) is 22.7. The van der Waals surface area contributed by atoms with Crippen molar-refractivity contribution in [3.8, 4) is 11.5 Å². The van der Waals surface area contributed by atoms with E-state index in [4.69, 9.17) is 9.47 Å². The quantitative estimate of drug-likeness (QED) is 0.199. The molecule has 0 spiro atoms. The van der Waals surface area contributed by atoms with E-state index in [0.29, 0.717) is 13.2 Å². The van der Waals surface area contributed by atoms with Crippen molar-refractivity contribution in [3.63, 3.8) is 0 Å². The van der Waals surface area contributed by atoms with Crippen LogP contribution >= 0.6 is 24.0 Å². The molecule has 29 heavy (non-hydrogen) atoms. The van der Waals surface area contributed by atoms with E-state index in [1.807, 2.05) is 60.0 Å². The van der Waals surface area contributed by atoms with E-state index in [9.17, 15) is 0 Å². The normalized spacial score (nSPS) is 11.0. The highest BCUT2D eigenvalue weighted by Gasteiger charge is 2.04. The lowest BCUT2D eigenvalue weighted by Crippen LogP contribution is -2.38. The SMILES string of the molecule is CCNC(=NCc1nnc2ccccn12)NCCCOc1ccc(OC)cc1.I. The third-order valence-corrected chi connectivity index (χ3v) is 4.05. The molecule has 156 valence electrons. The number of methoxy groups -OCH3 is 1. The van der Waals surface area contributed by atoms with Gasteiger partial charge in [-0.25, -0.2) is 4.99 Å². The van der Waals surface area contributed by atoms with Gasteiger partial charge in [0.05, 0.1) is 13.7 Å². The van der Waals surface area contributed by atoms with Gasteiger partial charge in [0.2, 0.25) is 0 Å². The third-order valence-electron chi connectivity index (χ3n) is 4.05. The van der Waals surface area contributed by atoms with E-state index in [0.717, 1.165) is 48.4 Å². The molecule has 9 heteroatoms. The second-order valence-corrected chi connectivity index (χ2v) is 6.04. The molecule has 0 unspecified atom stereocenters. The highest BCUT2D eigenvalue weighted by atomic mass is 127. The predicted molar refractivity (Wildman–Crippen MR) is 124 cm³/mol. The first-order chi connectivity index (χ1) is 13.8. The van der Waals surface area contributed by atoms with Crippen molar-refractivity contribution in [3.05, 3.63) is 54.5 Å². The van der Waals surface area contributed by atoms with Crippen LogP contribution in [0.15, 0.2) is 53.7 Å². The molecule has 2 heterocycles. The summed E-state index contributed by atoms with van der Waals surface area (Å²) in [4.78, 5) is 4.60. The maximum atomic E-state index is 5.74. The molecule has 0 saturated heterocycles. The molecule has 0 radical (unpaired) electrons. The number of pyridine rings is 1. The number of benzene rings is 1. The minimum Gasteiger partial charge on any atom is -0.497 e. The van der Waals surface area contributed by atoms with Gasteiger partial charge >= 0.3 is 0 Å². The Kier molecular flexibility index (Phi) is 9.48. The molecular weight excluding hydrogens is 483 g/mol. The van der Waals surface area contributed by atoms with Crippen molar-refractivity contribution in [2.75, 3.05) is 26.8 Å². The summed E-state index contributed by atoms with van der Waals surface area (Å²) in [5, 5.41) is 14.9. The highest BCUT2D eigenvalue weighted by Crippen LogP contribution is 2.16. The largest absolute Gasteiger partial charge is 0.497 e. The third kappa shape index (κ3) is 6.77. The monoisotopic (exact) mass is 510 g/mol. The van der Waals surface area contributed by atoms with Gasteiger partial charge in [0.1, 0.15) is 18.0 Å². The van der Waals surface area contributed by atoms with E-state index in [-0.39, 0.29) is 24.0 Å². The number of ether oxygens (including phenoxy) is 2. The zero-order valence-electron chi connectivity index (χ0n) is 16.7. The number of hydrogen-bond acceptors (Lipinski definition) is 5. The zero-order chi connectivity index (χ0) is 19.6. The molecule has 0 aliphatic carbocycles. The van der Waals surface area contributed by atoms with Crippen molar-refractivity contribution < 1.29 is 9.47 Å². The molecule has 2 N–H and O–H groups in total. The number of aliphatic imine (C=N–C) groups is 1. The number of guanidine groups is 1. The first-order valence-corrected chi connectivity index (χ1v) is 9.38. The molecule has 0 aliphatic heterocycles. The Balaban J connectivity index is 0.00000300. The number of nitrogens with one attached hydrogen (secondary N) is 2. The van der Waals surface area contributed by atoms with Crippen LogP contribution in [0.5, 0.6) is 11.5 Å². The summed E-state index contributed by atoms with van der Waals surface area (Å²) in [5.74, 6) is 3.20. The van der Waals surface area contributed by atoms with Gasteiger partial charge in [-0.2, -0.15) is 0 Å². The standard InChI is InChI=1S/C20H26N6O2.HI/c1-3-21-20(23-15-19-25-24-18-7-4-5-13-26(18)19)22-12-6-14-28-17-10-8-16(27-2)9-11-17;/h4-5,7-11,13H,3,6,12,14-15H2,1-2H3,(H2,21,22,23);1H. The lowest BCUT2D eigenvalue weighted by atomic mass is 10.3. The van der Waals surface area contributed by atoms with Crippen molar-refractivity contribution in [1.29, 1.82) is 0 Å². The maximum absolute atomic E-state index is 5.74. The van der Waals surface area contributed by atoms with Crippen molar-refractivity contribution in [1.82, 2.24) is 25.2 Å². The number of nitrogens with zero attached hydrogens (tertiary/aromatic N) is 4. The zero-order valence-corrected chi connectivity index (χ0v) is 19.0. The summed E-state index contributed by atoms with van der Waals surface area (Å²) in [6, 6.07) is 13.4. The number of rotatable bonds is 9. The summed E-state index contributed by atoms with van der Waals surface area (Å²) >= 11 is 0. The van der Waals surface area contributed by atoms with Crippen LogP contribution in [0.2, 0.25) is 0 Å². The fraction of sp³-hybridized carbons (Fsp3) is 0.350.